The molecule has 28 heavy (non-hydrogen) atoms. The molecule has 156 valence electrons. The molecular formula is C21H34N4O3. The van der Waals surface area contributed by atoms with Crippen molar-refractivity contribution in [3.05, 3.63) is 29.8 Å². The maximum absolute atomic E-state index is 11.7. The van der Waals surface area contributed by atoms with Gasteiger partial charge >= 0.3 is 6.09 Å². The molecule has 0 spiro atoms. The summed E-state index contributed by atoms with van der Waals surface area (Å²) in [5.74, 6) is 1.38. The molecule has 1 amide bonds. The summed E-state index contributed by atoms with van der Waals surface area (Å²) in [5, 5.41) is 3.26. The minimum atomic E-state index is -0.232. The summed E-state index contributed by atoms with van der Waals surface area (Å²) in [5.41, 5.74) is 7.23. The Morgan fingerprint density at radius 2 is 1.96 bits per heavy atom. The minimum Gasteiger partial charge on any atom is -0.494 e. The van der Waals surface area contributed by atoms with E-state index >= 15 is 0 Å². The highest BCUT2D eigenvalue weighted by Crippen LogP contribution is 2.13. The van der Waals surface area contributed by atoms with Crippen molar-refractivity contribution >= 4 is 12.1 Å². The number of rotatable bonds is 9. The van der Waals surface area contributed by atoms with E-state index in [0.717, 1.165) is 44.5 Å². The van der Waals surface area contributed by atoms with Crippen molar-refractivity contribution < 1.29 is 14.3 Å². The number of guanidine groups is 1. The van der Waals surface area contributed by atoms with Crippen molar-refractivity contribution in [2.45, 2.75) is 52.0 Å². The fourth-order valence-corrected chi connectivity index (χ4v) is 3.07. The molecule has 7 nitrogen and oxygen atoms in total. The zero-order valence-corrected chi connectivity index (χ0v) is 17.2. The maximum Gasteiger partial charge on any atom is 0.409 e. The van der Waals surface area contributed by atoms with E-state index in [1.54, 1.807) is 4.90 Å². The lowest BCUT2D eigenvalue weighted by Crippen LogP contribution is -2.48. The van der Waals surface area contributed by atoms with Crippen molar-refractivity contribution in [3.8, 4) is 5.75 Å². The quantitative estimate of drug-likeness (QED) is 0.384. The fraction of sp³-hybridized carbons (Fsp3) is 0.619. The number of nitrogens with two attached hydrogens (primary N) is 1. The summed E-state index contributed by atoms with van der Waals surface area (Å²) in [6, 6.07) is 8.41. The maximum atomic E-state index is 11.7. The second-order valence-electron chi connectivity index (χ2n) is 6.97. The highest BCUT2D eigenvalue weighted by Gasteiger charge is 2.23. The molecule has 7 heteroatoms. The molecule has 0 aromatic heterocycles. The normalized spacial score (nSPS) is 15.4. The zero-order valence-electron chi connectivity index (χ0n) is 17.2. The zero-order chi connectivity index (χ0) is 20.2. The Bertz CT molecular complexity index is 611. The van der Waals surface area contributed by atoms with Crippen LogP contribution in [0.1, 0.15) is 45.1 Å². The molecule has 1 fully saturated rings. The largest absolute Gasteiger partial charge is 0.494 e. The number of ether oxygens (including phenoxy) is 2. The Morgan fingerprint density at radius 1 is 1.25 bits per heavy atom. The monoisotopic (exact) mass is 390 g/mol. The highest BCUT2D eigenvalue weighted by molar-refractivity contribution is 5.78. The van der Waals surface area contributed by atoms with Gasteiger partial charge in [0.2, 0.25) is 0 Å². The number of carbonyl (C=O) groups excluding carboxylic acids is 1. The van der Waals surface area contributed by atoms with Crippen molar-refractivity contribution in [2.24, 2.45) is 10.7 Å². The lowest BCUT2D eigenvalue weighted by Gasteiger charge is -2.31. The fourth-order valence-electron chi connectivity index (χ4n) is 3.07. The lowest BCUT2D eigenvalue weighted by molar-refractivity contribution is 0.0963. The molecule has 0 atom stereocenters. The number of piperidine rings is 1. The number of hydrogen-bond donors (Lipinski definition) is 2. The van der Waals surface area contributed by atoms with E-state index in [0.29, 0.717) is 32.2 Å². The summed E-state index contributed by atoms with van der Waals surface area (Å²) in [7, 11) is 0. The molecule has 2 rings (SSSR count). The molecule has 0 saturated carbocycles. The summed E-state index contributed by atoms with van der Waals surface area (Å²) in [6.45, 7) is 7.13. The third-order valence-corrected chi connectivity index (χ3v) is 4.75. The van der Waals surface area contributed by atoms with Gasteiger partial charge in [-0.2, -0.15) is 0 Å². The summed E-state index contributed by atoms with van der Waals surface area (Å²) >= 11 is 0. The third kappa shape index (κ3) is 7.66. The van der Waals surface area contributed by atoms with Crippen LogP contribution in [0.3, 0.4) is 0 Å². The number of likely N-dealkylation sites (tertiary alicyclic amines) is 1. The molecule has 1 heterocycles. The number of amides is 1. The SMILES string of the molecule is CCCCOc1ccc(CCN=C(N)NC2CCN(C(=O)OCC)CC2)cc1. The van der Waals surface area contributed by atoms with Crippen LogP contribution in [0, 0.1) is 0 Å². The first-order valence-electron chi connectivity index (χ1n) is 10.3. The number of carbonyl (C=O) groups is 1. The Balaban J connectivity index is 1.67. The van der Waals surface area contributed by atoms with E-state index < -0.39 is 0 Å². The van der Waals surface area contributed by atoms with Crippen LogP contribution < -0.4 is 15.8 Å². The van der Waals surface area contributed by atoms with Gasteiger partial charge in [0.25, 0.3) is 0 Å². The molecular weight excluding hydrogens is 356 g/mol. The van der Waals surface area contributed by atoms with Gasteiger partial charge in [-0.25, -0.2) is 4.79 Å². The molecule has 0 bridgehead atoms. The number of hydrogen-bond acceptors (Lipinski definition) is 4. The van der Waals surface area contributed by atoms with E-state index in [9.17, 15) is 4.79 Å². The molecule has 1 aliphatic heterocycles. The third-order valence-electron chi connectivity index (χ3n) is 4.75. The van der Waals surface area contributed by atoms with Gasteiger partial charge in [0.05, 0.1) is 13.2 Å². The Kier molecular flexibility index (Phi) is 9.45. The van der Waals surface area contributed by atoms with Crippen LogP contribution in [0.25, 0.3) is 0 Å². The lowest BCUT2D eigenvalue weighted by atomic mass is 10.1. The Hall–Kier alpha value is -2.44. The Morgan fingerprint density at radius 3 is 2.61 bits per heavy atom. The van der Waals surface area contributed by atoms with Crippen molar-refractivity contribution in [1.29, 1.82) is 0 Å². The molecule has 0 radical (unpaired) electrons. The van der Waals surface area contributed by atoms with Gasteiger partial charge in [0, 0.05) is 25.7 Å². The van der Waals surface area contributed by atoms with Crippen LogP contribution in [0.2, 0.25) is 0 Å². The van der Waals surface area contributed by atoms with Gasteiger partial charge in [0.15, 0.2) is 5.96 Å². The average Bonchev–Trinajstić information content (AvgIpc) is 2.70. The topological polar surface area (TPSA) is 89.2 Å². The summed E-state index contributed by atoms with van der Waals surface area (Å²) in [4.78, 5) is 17.9. The predicted octanol–water partition coefficient (Wildman–Crippen LogP) is 2.93. The average molecular weight is 391 g/mol. The number of benzene rings is 1. The van der Waals surface area contributed by atoms with Crippen LogP contribution in [0.4, 0.5) is 4.79 Å². The highest BCUT2D eigenvalue weighted by atomic mass is 16.6. The van der Waals surface area contributed by atoms with Crippen LogP contribution in [-0.2, 0) is 11.2 Å². The second kappa shape index (κ2) is 12.1. The molecule has 0 unspecified atom stereocenters. The van der Waals surface area contributed by atoms with Gasteiger partial charge in [-0.1, -0.05) is 25.5 Å². The van der Waals surface area contributed by atoms with E-state index in [-0.39, 0.29) is 12.1 Å². The predicted molar refractivity (Wildman–Crippen MR) is 112 cm³/mol. The van der Waals surface area contributed by atoms with Crippen LogP contribution >= 0.6 is 0 Å². The smallest absolute Gasteiger partial charge is 0.409 e. The number of aliphatic imine (C=N–C) groups is 1. The van der Waals surface area contributed by atoms with E-state index in [4.69, 9.17) is 15.2 Å². The van der Waals surface area contributed by atoms with E-state index in [1.807, 2.05) is 19.1 Å². The number of unbranched alkanes of at least 4 members (excludes halogenated alkanes) is 1. The summed E-state index contributed by atoms with van der Waals surface area (Å²) in [6.07, 6.45) is 4.49. The number of nitrogens with one attached hydrogen (secondary N) is 1. The van der Waals surface area contributed by atoms with Crippen molar-refractivity contribution in [2.75, 3.05) is 32.8 Å². The van der Waals surface area contributed by atoms with E-state index in [2.05, 4.69) is 29.4 Å². The van der Waals surface area contributed by atoms with Crippen LogP contribution in [-0.4, -0.2) is 55.8 Å². The first kappa shape index (κ1) is 21.9. The number of nitrogens with zero attached hydrogens (tertiary/aromatic N) is 2. The second-order valence-corrected chi connectivity index (χ2v) is 6.97. The molecule has 1 saturated heterocycles. The van der Waals surface area contributed by atoms with Crippen molar-refractivity contribution in [3.63, 3.8) is 0 Å². The van der Waals surface area contributed by atoms with Crippen molar-refractivity contribution in [1.82, 2.24) is 10.2 Å². The van der Waals surface area contributed by atoms with Gasteiger partial charge in [-0.15, -0.1) is 0 Å². The van der Waals surface area contributed by atoms with Gasteiger partial charge in [-0.3, -0.25) is 4.99 Å². The van der Waals surface area contributed by atoms with Gasteiger partial charge in [-0.05, 0) is 50.3 Å². The first-order valence-corrected chi connectivity index (χ1v) is 10.3. The van der Waals surface area contributed by atoms with Gasteiger partial charge < -0.3 is 25.4 Å². The Labute approximate surface area is 168 Å². The molecule has 0 aliphatic carbocycles. The first-order chi connectivity index (χ1) is 13.6. The molecule has 1 aromatic carbocycles. The van der Waals surface area contributed by atoms with Crippen LogP contribution in [0.5, 0.6) is 5.75 Å². The van der Waals surface area contributed by atoms with Crippen LogP contribution in [0.15, 0.2) is 29.3 Å². The standard InChI is InChI=1S/C21H34N4O3/c1-3-5-16-28-19-8-6-17(7-9-19)10-13-23-20(22)24-18-11-14-25(15-12-18)21(26)27-4-2/h6-9,18H,3-5,10-16H2,1-2H3,(H3,22,23,24). The molecule has 1 aromatic rings. The molecule has 3 N–H and O–H groups in total. The minimum absolute atomic E-state index is 0.232. The van der Waals surface area contributed by atoms with Gasteiger partial charge in [0.1, 0.15) is 5.75 Å². The van der Waals surface area contributed by atoms with E-state index in [1.165, 1.54) is 5.56 Å². The molecule has 1 aliphatic rings. The summed E-state index contributed by atoms with van der Waals surface area (Å²) < 4.78 is 10.7.